The zero-order valence-corrected chi connectivity index (χ0v) is 11.3. The van der Waals surface area contributed by atoms with Gasteiger partial charge in [0.15, 0.2) is 8.07 Å². The zero-order valence-electron chi connectivity index (χ0n) is 9.53. The Morgan fingerprint density at radius 2 is 1.75 bits per heavy atom. The third kappa shape index (κ3) is 2.63. The molecule has 0 saturated carbocycles. The molecular formula is C14H14SSi. The molecule has 0 radical (unpaired) electrons. The molecule has 0 fully saturated rings. The normalized spacial score (nSPS) is 10.6. The van der Waals surface area contributed by atoms with E-state index in [2.05, 4.69) is 54.2 Å². The van der Waals surface area contributed by atoms with Crippen molar-refractivity contribution in [3.63, 3.8) is 0 Å². The summed E-state index contributed by atoms with van der Waals surface area (Å²) in [6.45, 7) is 4.60. The predicted molar refractivity (Wildman–Crippen MR) is 74.8 cm³/mol. The minimum absolute atomic E-state index is 1.11. The van der Waals surface area contributed by atoms with E-state index in [1.165, 1.54) is 4.50 Å². The van der Waals surface area contributed by atoms with Gasteiger partial charge in [-0.2, -0.15) is 11.3 Å². The van der Waals surface area contributed by atoms with E-state index in [1.807, 2.05) is 29.5 Å². The zero-order chi connectivity index (χ0) is 11.4. The fourth-order valence-corrected chi connectivity index (χ4v) is 4.54. The second kappa shape index (κ2) is 4.69. The van der Waals surface area contributed by atoms with E-state index in [9.17, 15) is 0 Å². The Morgan fingerprint density at radius 1 is 1.00 bits per heavy atom. The lowest BCUT2D eigenvalue weighted by Gasteiger charge is -2.11. The van der Waals surface area contributed by atoms with Gasteiger partial charge in [-0.25, -0.2) is 0 Å². The van der Waals surface area contributed by atoms with Crippen molar-refractivity contribution >= 4 is 23.9 Å². The smallest absolute Gasteiger partial charge is 0.152 e. The summed E-state index contributed by atoms with van der Waals surface area (Å²) >= 11 is 1.82. The first kappa shape index (κ1) is 11.2. The lowest BCUT2D eigenvalue weighted by atomic mass is 10.2. The lowest BCUT2D eigenvalue weighted by molar-refractivity contribution is 1.65. The van der Waals surface area contributed by atoms with E-state index in [0.717, 1.165) is 5.56 Å². The lowest BCUT2D eigenvalue weighted by Crippen LogP contribution is -2.37. The first-order valence-corrected chi connectivity index (χ1v) is 9.19. The monoisotopic (exact) mass is 242 g/mol. The third-order valence-electron chi connectivity index (χ3n) is 2.43. The Labute approximate surface area is 102 Å². The summed E-state index contributed by atoms with van der Waals surface area (Å²) in [7, 11) is -1.55. The standard InChI is InChI=1S/C14H14SSi/c1-16(2,14-9-6-11-15-14)12-10-13-7-4-3-5-8-13/h3-9,11H,1-2H3. The van der Waals surface area contributed by atoms with Gasteiger partial charge in [0.1, 0.15) is 0 Å². The molecule has 2 heteroatoms. The van der Waals surface area contributed by atoms with Crippen molar-refractivity contribution in [1.29, 1.82) is 0 Å². The minimum atomic E-state index is -1.55. The first-order chi connectivity index (χ1) is 7.68. The largest absolute Gasteiger partial charge is 0.174 e. The number of rotatable bonds is 1. The van der Waals surface area contributed by atoms with Gasteiger partial charge >= 0.3 is 0 Å². The summed E-state index contributed by atoms with van der Waals surface area (Å²) in [6.07, 6.45) is 0. The number of hydrogen-bond acceptors (Lipinski definition) is 1. The highest BCUT2D eigenvalue weighted by molar-refractivity contribution is 7.26. The van der Waals surface area contributed by atoms with E-state index in [0.29, 0.717) is 0 Å². The molecule has 0 atom stereocenters. The van der Waals surface area contributed by atoms with E-state index in [-0.39, 0.29) is 0 Å². The average molecular weight is 242 g/mol. The van der Waals surface area contributed by atoms with E-state index >= 15 is 0 Å². The topological polar surface area (TPSA) is 0 Å². The van der Waals surface area contributed by atoms with Gasteiger partial charge in [0.2, 0.25) is 0 Å². The molecule has 0 N–H and O–H groups in total. The fraction of sp³-hybridized carbons (Fsp3) is 0.143. The minimum Gasteiger partial charge on any atom is -0.152 e. The molecule has 0 unspecified atom stereocenters. The summed E-state index contributed by atoms with van der Waals surface area (Å²) in [4.78, 5) is 0. The van der Waals surface area contributed by atoms with Gasteiger partial charge in [-0.1, -0.05) is 49.3 Å². The van der Waals surface area contributed by atoms with Gasteiger partial charge in [0.05, 0.1) is 0 Å². The van der Waals surface area contributed by atoms with Gasteiger partial charge < -0.3 is 0 Å². The van der Waals surface area contributed by atoms with Crippen molar-refractivity contribution in [3.8, 4) is 11.5 Å². The van der Waals surface area contributed by atoms with Crippen molar-refractivity contribution in [2.45, 2.75) is 13.1 Å². The fourth-order valence-electron chi connectivity index (χ4n) is 1.45. The quantitative estimate of drug-likeness (QED) is 0.532. The van der Waals surface area contributed by atoms with Gasteiger partial charge in [0.25, 0.3) is 0 Å². The Hall–Kier alpha value is -1.30. The molecule has 0 amide bonds. The van der Waals surface area contributed by atoms with Crippen molar-refractivity contribution < 1.29 is 0 Å². The van der Waals surface area contributed by atoms with Gasteiger partial charge in [-0.15, -0.1) is 5.54 Å². The van der Waals surface area contributed by atoms with Crippen LogP contribution >= 0.6 is 11.3 Å². The number of hydrogen-bond donors (Lipinski definition) is 0. The van der Waals surface area contributed by atoms with Crippen molar-refractivity contribution in [2.24, 2.45) is 0 Å². The highest BCUT2D eigenvalue weighted by atomic mass is 32.1. The molecule has 1 aromatic carbocycles. The van der Waals surface area contributed by atoms with E-state index in [4.69, 9.17) is 0 Å². The SMILES string of the molecule is C[Si](C)(C#Cc1ccccc1)c1cccs1. The van der Waals surface area contributed by atoms with Crippen LogP contribution in [-0.2, 0) is 0 Å². The number of thiophene rings is 1. The second-order valence-corrected chi connectivity index (χ2v) is 9.57. The molecule has 2 rings (SSSR count). The molecule has 0 aliphatic carbocycles. The summed E-state index contributed by atoms with van der Waals surface area (Å²) in [5.41, 5.74) is 4.59. The van der Waals surface area contributed by atoms with Crippen LogP contribution in [0.2, 0.25) is 13.1 Å². The van der Waals surface area contributed by atoms with E-state index in [1.54, 1.807) is 0 Å². The first-order valence-electron chi connectivity index (χ1n) is 5.31. The predicted octanol–water partition coefficient (Wildman–Crippen LogP) is 3.25. The molecule has 2 aromatic rings. The summed E-state index contributed by atoms with van der Waals surface area (Å²) in [6, 6.07) is 14.5. The molecule has 1 aromatic heterocycles. The Kier molecular flexibility index (Phi) is 3.28. The molecule has 0 aliphatic heterocycles. The Morgan fingerprint density at radius 3 is 2.38 bits per heavy atom. The molecule has 0 aliphatic rings. The average Bonchev–Trinajstić information content (AvgIpc) is 2.82. The summed E-state index contributed by atoms with van der Waals surface area (Å²) in [5.74, 6) is 3.29. The third-order valence-corrected chi connectivity index (χ3v) is 7.15. The van der Waals surface area contributed by atoms with Crippen molar-refractivity contribution in [3.05, 3.63) is 53.4 Å². The maximum Gasteiger partial charge on any atom is 0.174 e. The molecular weight excluding hydrogens is 228 g/mol. The van der Waals surface area contributed by atoms with Gasteiger partial charge in [0, 0.05) is 10.1 Å². The van der Waals surface area contributed by atoms with Crippen LogP contribution in [0.4, 0.5) is 0 Å². The highest BCUT2D eigenvalue weighted by Crippen LogP contribution is 2.07. The van der Waals surface area contributed by atoms with Crippen LogP contribution in [0.5, 0.6) is 0 Å². The van der Waals surface area contributed by atoms with Crippen LogP contribution in [0.15, 0.2) is 47.8 Å². The van der Waals surface area contributed by atoms with Crippen LogP contribution in [0.1, 0.15) is 5.56 Å². The Balaban J connectivity index is 2.25. The number of benzene rings is 1. The molecule has 80 valence electrons. The molecule has 16 heavy (non-hydrogen) atoms. The van der Waals surface area contributed by atoms with Crippen LogP contribution in [0.3, 0.4) is 0 Å². The van der Waals surface area contributed by atoms with Crippen molar-refractivity contribution in [2.75, 3.05) is 0 Å². The van der Waals surface area contributed by atoms with E-state index < -0.39 is 8.07 Å². The maximum atomic E-state index is 3.48. The molecule has 0 bridgehead atoms. The van der Waals surface area contributed by atoms with Crippen LogP contribution in [0.25, 0.3) is 0 Å². The van der Waals surface area contributed by atoms with Gasteiger partial charge in [-0.3, -0.25) is 0 Å². The van der Waals surface area contributed by atoms with Crippen molar-refractivity contribution in [1.82, 2.24) is 0 Å². The molecule has 0 nitrogen and oxygen atoms in total. The highest BCUT2D eigenvalue weighted by Gasteiger charge is 2.21. The molecule has 0 saturated heterocycles. The molecule has 0 spiro atoms. The van der Waals surface area contributed by atoms with Crippen LogP contribution < -0.4 is 4.50 Å². The van der Waals surface area contributed by atoms with Crippen LogP contribution in [0, 0.1) is 11.5 Å². The second-order valence-electron chi connectivity index (χ2n) is 4.22. The maximum absolute atomic E-state index is 3.48. The Bertz CT molecular complexity index is 501. The summed E-state index contributed by atoms with van der Waals surface area (Å²) in [5, 5.41) is 2.13. The van der Waals surface area contributed by atoms with Crippen LogP contribution in [-0.4, -0.2) is 8.07 Å². The molecule has 1 heterocycles. The summed E-state index contributed by atoms with van der Waals surface area (Å²) < 4.78 is 1.45. The van der Waals surface area contributed by atoms with Gasteiger partial charge in [-0.05, 0) is 17.5 Å².